The zero-order valence-electron chi connectivity index (χ0n) is 28.8. The number of aromatic nitrogens is 2. The Morgan fingerprint density at radius 3 is 1.43 bits per heavy atom. The van der Waals surface area contributed by atoms with Crippen molar-refractivity contribution < 1.29 is 8.78 Å². The van der Waals surface area contributed by atoms with Crippen molar-refractivity contribution in [3.63, 3.8) is 0 Å². The predicted octanol–water partition coefficient (Wildman–Crippen LogP) is 13.0. The monoisotopic (exact) mass is 697 g/mol. The van der Waals surface area contributed by atoms with E-state index >= 15 is 8.78 Å². The molecular formula is C49H29F2N3. The van der Waals surface area contributed by atoms with Crippen molar-refractivity contribution >= 4 is 43.6 Å². The Labute approximate surface area is 309 Å². The molecule has 0 aliphatic heterocycles. The van der Waals surface area contributed by atoms with Gasteiger partial charge < -0.3 is 9.13 Å². The smallest absolute Gasteiger partial charge is 0.126 e. The Kier molecular flexibility index (Phi) is 7.24. The number of para-hydroxylation sites is 2. The molecule has 8 aromatic carbocycles. The van der Waals surface area contributed by atoms with Gasteiger partial charge in [0.25, 0.3) is 0 Å². The molecule has 2 aromatic heterocycles. The summed E-state index contributed by atoms with van der Waals surface area (Å²) < 4.78 is 34.3. The van der Waals surface area contributed by atoms with E-state index in [0.717, 1.165) is 71.9 Å². The molecule has 0 saturated carbocycles. The summed E-state index contributed by atoms with van der Waals surface area (Å²) in [6.45, 7) is 0. The highest BCUT2D eigenvalue weighted by molar-refractivity contribution is 6.12. The van der Waals surface area contributed by atoms with Crippen molar-refractivity contribution in [1.29, 1.82) is 5.26 Å². The lowest BCUT2D eigenvalue weighted by Crippen LogP contribution is -2.06. The maximum atomic E-state index is 15.0. The van der Waals surface area contributed by atoms with E-state index in [1.807, 2.05) is 78.9 Å². The van der Waals surface area contributed by atoms with Gasteiger partial charge in [-0.2, -0.15) is 5.26 Å². The third-order valence-corrected chi connectivity index (χ3v) is 10.5. The van der Waals surface area contributed by atoms with Crippen molar-refractivity contribution in [2.75, 3.05) is 0 Å². The van der Waals surface area contributed by atoms with Crippen molar-refractivity contribution in [3.8, 4) is 50.8 Å². The summed E-state index contributed by atoms with van der Waals surface area (Å²) in [5, 5.41) is 15.5. The van der Waals surface area contributed by atoms with Crippen molar-refractivity contribution in [3.05, 3.63) is 193 Å². The average Bonchev–Trinajstić information content (AvgIpc) is 3.72. The van der Waals surface area contributed by atoms with Crippen LogP contribution in [0.5, 0.6) is 0 Å². The molecule has 254 valence electrons. The number of rotatable bonds is 5. The van der Waals surface area contributed by atoms with Crippen LogP contribution in [0.25, 0.3) is 88.4 Å². The summed E-state index contributed by atoms with van der Waals surface area (Å²) >= 11 is 0. The molecule has 0 amide bonds. The summed E-state index contributed by atoms with van der Waals surface area (Å²) in [5.41, 5.74) is 10.3. The number of nitrogens with zero attached hydrogens (tertiary/aromatic N) is 3. The topological polar surface area (TPSA) is 33.6 Å². The second-order valence-corrected chi connectivity index (χ2v) is 13.5. The highest BCUT2D eigenvalue weighted by Gasteiger charge is 2.25. The highest BCUT2D eigenvalue weighted by Crippen LogP contribution is 2.43. The molecule has 0 fully saturated rings. The molecule has 0 unspecified atom stereocenters. The van der Waals surface area contributed by atoms with Crippen LogP contribution in [0.2, 0.25) is 0 Å². The van der Waals surface area contributed by atoms with Gasteiger partial charge in [0.05, 0.1) is 33.4 Å². The van der Waals surface area contributed by atoms with Crippen LogP contribution in [-0.4, -0.2) is 9.13 Å². The Bertz CT molecular complexity index is 3110. The first-order valence-electron chi connectivity index (χ1n) is 17.8. The number of hydrogen-bond donors (Lipinski definition) is 0. The molecule has 0 N–H and O–H groups in total. The first-order valence-corrected chi connectivity index (χ1v) is 17.8. The largest absolute Gasteiger partial charge is 0.308 e. The number of fused-ring (bicyclic) bond motifs is 6. The van der Waals surface area contributed by atoms with E-state index in [1.54, 1.807) is 0 Å². The highest BCUT2D eigenvalue weighted by atomic mass is 19.1. The van der Waals surface area contributed by atoms with Crippen LogP contribution in [0.15, 0.2) is 176 Å². The van der Waals surface area contributed by atoms with E-state index in [4.69, 9.17) is 0 Å². The fourth-order valence-electron chi connectivity index (χ4n) is 8.11. The summed E-state index contributed by atoms with van der Waals surface area (Å²) in [5.74, 6) is -1.38. The van der Waals surface area contributed by atoms with Gasteiger partial charge in [-0.1, -0.05) is 127 Å². The third kappa shape index (κ3) is 4.92. The lowest BCUT2D eigenvalue weighted by atomic mass is 9.97. The van der Waals surface area contributed by atoms with E-state index < -0.39 is 11.6 Å². The summed E-state index contributed by atoms with van der Waals surface area (Å²) in [6, 6.07) is 59.4. The van der Waals surface area contributed by atoms with Crippen LogP contribution in [0.3, 0.4) is 0 Å². The molecule has 10 aromatic rings. The molecule has 2 heterocycles. The van der Waals surface area contributed by atoms with Gasteiger partial charge in [0.15, 0.2) is 0 Å². The fourth-order valence-corrected chi connectivity index (χ4v) is 8.11. The van der Waals surface area contributed by atoms with Gasteiger partial charge >= 0.3 is 0 Å². The van der Waals surface area contributed by atoms with E-state index in [2.05, 4.69) is 94.1 Å². The Hall–Kier alpha value is -7.29. The first kappa shape index (κ1) is 31.4. The number of nitriles is 1. The maximum Gasteiger partial charge on any atom is 0.126 e. The van der Waals surface area contributed by atoms with Crippen LogP contribution in [0.1, 0.15) is 5.56 Å². The number of halogens is 2. The zero-order valence-corrected chi connectivity index (χ0v) is 28.8. The normalized spacial score (nSPS) is 11.5. The van der Waals surface area contributed by atoms with Crippen LogP contribution in [0, 0.1) is 23.0 Å². The quantitative estimate of drug-likeness (QED) is 0.176. The summed E-state index contributed by atoms with van der Waals surface area (Å²) in [4.78, 5) is 0. The lowest BCUT2D eigenvalue weighted by molar-refractivity contribution is 0.584. The standard InChI is InChI=1S/C49H29F2N3/c50-36-25-35(26-37(51)29-36)38-23-24-46(53-44-17-9-7-15-39(44)41-21-19-33(27-47(41)53)31-11-3-1-4-12-31)43(30-52)49(38)54-45-18-10-8-16-40(45)42-22-20-34(28-48(42)54)32-13-5-2-6-14-32/h1-29H. The second-order valence-electron chi connectivity index (χ2n) is 13.5. The van der Waals surface area contributed by atoms with Crippen molar-refractivity contribution in [2.45, 2.75) is 0 Å². The Morgan fingerprint density at radius 1 is 0.389 bits per heavy atom. The molecule has 0 aliphatic rings. The number of benzene rings is 8. The lowest BCUT2D eigenvalue weighted by Gasteiger charge is -2.20. The fraction of sp³-hybridized carbons (Fsp3) is 0. The molecule has 10 rings (SSSR count). The molecule has 0 atom stereocenters. The minimum Gasteiger partial charge on any atom is -0.308 e. The molecule has 0 spiro atoms. The SMILES string of the molecule is N#Cc1c(-n2c3ccccc3c3ccc(-c4ccccc4)cc32)ccc(-c2cc(F)cc(F)c2)c1-n1c2ccccc2c2ccc(-c3ccccc3)cc21. The van der Waals surface area contributed by atoms with Crippen molar-refractivity contribution in [2.24, 2.45) is 0 Å². The minimum absolute atomic E-state index is 0.337. The first-order chi connectivity index (χ1) is 26.6. The van der Waals surface area contributed by atoms with Gasteiger partial charge in [-0.05, 0) is 70.3 Å². The maximum absolute atomic E-state index is 15.0. The van der Waals surface area contributed by atoms with Crippen LogP contribution < -0.4 is 0 Å². The molecule has 54 heavy (non-hydrogen) atoms. The van der Waals surface area contributed by atoms with Crippen LogP contribution >= 0.6 is 0 Å². The van der Waals surface area contributed by atoms with Crippen LogP contribution in [0.4, 0.5) is 8.78 Å². The van der Waals surface area contributed by atoms with Gasteiger partial charge in [-0.3, -0.25) is 0 Å². The van der Waals surface area contributed by atoms with E-state index in [0.29, 0.717) is 28.1 Å². The molecule has 0 saturated heterocycles. The van der Waals surface area contributed by atoms with Crippen LogP contribution in [-0.2, 0) is 0 Å². The average molecular weight is 698 g/mol. The number of hydrogen-bond acceptors (Lipinski definition) is 1. The van der Waals surface area contributed by atoms with E-state index in [1.165, 1.54) is 12.1 Å². The zero-order chi connectivity index (χ0) is 36.3. The van der Waals surface area contributed by atoms with Gasteiger partial charge in [0, 0.05) is 33.2 Å². The predicted molar refractivity (Wildman–Crippen MR) is 216 cm³/mol. The molecular weight excluding hydrogens is 669 g/mol. The van der Waals surface area contributed by atoms with Gasteiger partial charge in [0.1, 0.15) is 23.3 Å². The van der Waals surface area contributed by atoms with Gasteiger partial charge in [-0.25, -0.2) is 8.78 Å². The van der Waals surface area contributed by atoms with E-state index in [9.17, 15) is 5.26 Å². The van der Waals surface area contributed by atoms with Gasteiger partial charge in [0.2, 0.25) is 0 Å². The molecule has 0 aliphatic carbocycles. The van der Waals surface area contributed by atoms with Gasteiger partial charge in [-0.15, -0.1) is 0 Å². The Balaban J connectivity index is 1.36. The Morgan fingerprint density at radius 2 is 0.870 bits per heavy atom. The molecule has 0 bridgehead atoms. The minimum atomic E-state index is -0.692. The summed E-state index contributed by atoms with van der Waals surface area (Å²) in [6.07, 6.45) is 0. The summed E-state index contributed by atoms with van der Waals surface area (Å²) in [7, 11) is 0. The second kappa shape index (κ2) is 12.4. The van der Waals surface area contributed by atoms with Crippen molar-refractivity contribution in [1.82, 2.24) is 9.13 Å². The van der Waals surface area contributed by atoms with E-state index in [-0.39, 0.29) is 0 Å². The molecule has 0 radical (unpaired) electrons. The molecule has 5 heteroatoms. The third-order valence-electron chi connectivity index (χ3n) is 10.5. The molecule has 3 nitrogen and oxygen atoms in total.